The van der Waals surface area contributed by atoms with Gasteiger partial charge in [-0.3, -0.25) is 0 Å². The highest BCUT2D eigenvalue weighted by Gasteiger charge is 2.08. The monoisotopic (exact) mass is 232 g/mol. The highest BCUT2D eigenvalue weighted by atomic mass is 16.5. The molecule has 1 heterocycles. The van der Waals surface area contributed by atoms with Crippen LogP contribution in [0.2, 0.25) is 0 Å². The first-order valence-electron chi connectivity index (χ1n) is 6.29. The SMILES string of the molecule is CCCCCCC(C)Oc1cccnc1C#N. The summed E-state index contributed by atoms with van der Waals surface area (Å²) in [5, 5.41) is 8.88. The maximum absolute atomic E-state index is 8.88. The van der Waals surface area contributed by atoms with Crippen molar-refractivity contribution in [2.75, 3.05) is 0 Å². The fraction of sp³-hybridized carbons (Fsp3) is 0.571. The number of nitrogens with zero attached hydrogens (tertiary/aromatic N) is 2. The van der Waals surface area contributed by atoms with E-state index in [1.807, 2.05) is 13.0 Å². The molecular weight excluding hydrogens is 212 g/mol. The third-order valence-corrected chi connectivity index (χ3v) is 2.67. The fourth-order valence-electron chi connectivity index (χ4n) is 1.70. The maximum Gasteiger partial charge on any atom is 0.182 e. The van der Waals surface area contributed by atoms with Crippen molar-refractivity contribution in [3.8, 4) is 11.8 Å². The van der Waals surface area contributed by atoms with Crippen molar-refractivity contribution >= 4 is 0 Å². The van der Waals surface area contributed by atoms with Gasteiger partial charge in [0.1, 0.15) is 6.07 Å². The Bertz CT molecular complexity index is 371. The summed E-state index contributed by atoms with van der Waals surface area (Å²) in [7, 11) is 0. The molecule has 1 rings (SSSR count). The van der Waals surface area contributed by atoms with Gasteiger partial charge in [-0.1, -0.05) is 26.2 Å². The van der Waals surface area contributed by atoms with Crippen LogP contribution in [0.3, 0.4) is 0 Å². The molecule has 1 atom stereocenters. The Morgan fingerprint density at radius 2 is 2.24 bits per heavy atom. The van der Waals surface area contributed by atoms with E-state index in [4.69, 9.17) is 10.00 Å². The third-order valence-electron chi connectivity index (χ3n) is 2.67. The highest BCUT2D eigenvalue weighted by Crippen LogP contribution is 2.18. The van der Waals surface area contributed by atoms with E-state index >= 15 is 0 Å². The number of pyridine rings is 1. The lowest BCUT2D eigenvalue weighted by molar-refractivity contribution is 0.205. The van der Waals surface area contributed by atoms with Crippen molar-refractivity contribution in [3.05, 3.63) is 24.0 Å². The minimum atomic E-state index is 0.142. The predicted molar refractivity (Wildman–Crippen MR) is 67.8 cm³/mol. The largest absolute Gasteiger partial charge is 0.488 e. The first-order valence-corrected chi connectivity index (χ1v) is 6.29. The molecule has 0 radical (unpaired) electrons. The van der Waals surface area contributed by atoms with Crippen LogP contribution in [0, 0.1) is 11.3 Å². The van der Waals surface area contributed by atoms with E-state index in [0.29, 0.717) is 11.4 Å². The molecule has 3 nitrogen and oxygen atoms in total. The number of ether oxygens (including phenoxy) is 1. The van der Waals surface area contributed by atoms with E-state index in [0.717, 1.165) is 6.42 Å². The molecule has 0 aliphatic carbocycles. The number of rotatable bonds is 7. The van der Waals surface area contributed by atoms with Gasteiger partial charge in [-0.2, -0.15) is 5.26 Å². The van der Waals surface area contributed by atoms with Crippen LogP contribution < -0.4 is 4.74 Å². The van der Waals surface area contributed by atoms with Gasteiger partial charge in [0.15, 0.2) is 11.4 Å². The van der Waals surface area contributed by atoms with Crippen LogP contribution in [-0.4, -0.2) is 11.1 Å². The van der Waals surface area contributed by atoms with Crippen molar-refractivity contribution in [3.63, 3.8) is 0 Å². The van der Waals surface area contributed by atoms with Crippen LogP contribution >= 0.6 is 0 Å². The van der Waals surface area contributed by atoms with Gasteiger partial charge in [0, 0.05) is 6.20 Å². The van der Waals surface area contributed by atoms with Gasteiger partial charge in [0.25, 0.3) is 0 Å². The van der Waals surface area contributed by atoms with Crippen LogP contribution in [0.5, 0.6) is 5.75 Å². The minimum absolute atomic E-state index is 0.142. The molecule has 0 fully saturated rings. The van der Waals surface area contributed by atoms with Gasteiger partial charge < -0.3 is 4.74 Å². The molecule has 0 aliphatic rings. The Kier molecular flexibility index (Phi) is 6.09. The van der Waals surface area contributed by atoms with Gasteiger partial charge in [-0.05, 0) is 31.9 Å². The Morgan fingerprint density at radius 3 is 2.94 bits per heavy atom. The van der Waals surface area contributed by atoms with E-state index in [9.17, 15) is 0 Å². The van der Waals surface area contributed by atoms with E-state index in [1.54, 1.807) is 18.3 Å². The van der Waals surface area contributed by atoms with Gasteiger partial charge in [0.2, 0.25) is 0 Å². The molecule has 1 aromatic heterocycles. The van der Waals surface area contributed by atoms with Crippen molar-refractivity contribution in [1.82, 2.24) is 4.98 Å². The van der Waals surface area contributed by atoms with Gasteiger partial charge in [0.05, 0.1) is 6.10 Å². The summed E-state index contributed by atoms with van der Waals surface area (Å²) in [5.74, 6) is 0.595. The number of unbranched alkanes of at least 4 members (excludes halogenated alkanes) is 3. The summed E-state index contributed by atoms with van der Waals surface area (Å²) in [6.07, 6.45) is 7.74. The molecule has 0 saturated heterocycles. The standard InChI is InChI=1S/C14H20N2O/c1-3-4-5-6-8-12(2)17-14-9-7-10-16-13(14)11-15/h7,9-10,12H,3-6,8H2,1-2H3. The number of aromatic nitrogens is 1. The van der Waals surface area contributed by atoms with Gasteiger partial charge in [-0.25, -0.2) is 4.98 Å². The zero-order valence-electron chi connectivity index (χ0n) is 10.6. The van der Waals surface area contributed by atoms with E-state index in [2.05, 4.69) is 11.9 Å². The van der Waals surface area contributed by atoms with Crippen LogP contribution in [-0.2, 0) is 0 Å². The van der Waals surface area contributed by atoms with Gasteiger partial charge in [-0.15, -0.1) is 0 Å². The maximum atomic E-state index is 8.88. The number of hydrogen-bond acceptors (Lipinski definition) is 3. The van der Waals surface area contributed by atoms with Crippen molar-refractivity contribution in [2.24, 2.45) is 0 Å². The fourth-order valence-corrected chi connectivity index (χ4v) is 1.70. The minimum Gasteiger partial charge on any atom is -0.488 e. The predicted octanol–water partition coefficient (Wildman–Crippen LogP) is 3.69. The summed E-state index contributed by atoms with van der Waals surface area (Å²) in [6, 6.07) is 5.63. The number of hydrogen-bond donors (Lipinski definition) is 0. The molecule has 17 heavy (non-hydrogen) atoms. The molecule has 0 spiro atoms. The molecule has 0 aliphatic heterocycles. The molecule has 92 valence electrons. The topological polar surface area (TPSA) is 45.9 Å². The molecule has 1 aromatic rings. The molecular formula is C14H20N2O. The zero-order chi connectivity index (χ0) is 12.5. The Balaban J connectivity index is 2.40. The van der Waals surface area contributed by atoms with Crippen LogP contribution in [0.25, 0.3) is 0 Å². The summed E-state index contributed by atoms with van der Waals surface area (Å²) in [5.41, 5.74) is 0.368. The molecule has 0 bridgehead atoms. The van der Waals surface area contributed by atoms with Crippen LogP contribution in [0.15, 0.2) is 18.3 Å². The zero-order valence-corrected chi connectivity index (χ0v) is 10.6. The van der Waals surface area contributed by atoms with Crippen molar-refractivity contribution in [1.29, 1.82) is 5.26 Å². The molecule has 0 aromatic carbocycles. The van der Waals surface area contributed by atoms with Crippen molar-refractivity contribution in [2.45, 2.75) is 52.1 Å². The summed E-state index contributed by atoms with van der Waals surface area (Å²) in [6.45, 7) is 4.24. The lowest BCUT2D eigenvalue weighted by atomic mass is 10.1. The lowest BCUT2D eigenvalue weighted by Gasteiger charge is -2.14. The molecule has 3 heteroatoms. The second kappa shape index (κ2) is 7.67. The summed E-state index contributed by atoms with van der Waals surface area (Å²) >= 11 is 0. The van der Waals surface area contributed by atoms with E-state index < -0.39 is 0 Å². The average molecular weight is 232 g/mol. The normalized spacial score (nSPS) is 11.8. The Hall–Kier alpha value is -1.56. The van der Waals surface area contributed by atoms with Crippen LogP contribution in [0.1, 0.15) is 51.6 Å². The number of nitriles is 1. The Labute approximate surface area is 103 Å². The van der Waals surface area contributed by atoms with Crippen LogP contribution in [0.4, 0.5) is 0 Å². The third kappa shape index (κ3) is 4.86. The van der Waals surface area contributed by atoms with Crippen molar-refractivity contribution < 1.29 is 4.74 Å². The van der Waals surface area contributed by atoms with Gasteiger partial charge >= 0.3 is 0 Å². The van der Waals surface area contributed by atoms with E-state index in [-0.39, 0.29) is 6.10 Å². The lowest BCUT2D eigenvalue weighted by Crippen LogP contribution is -2.12. The quantitative estimate of drug-likeness (QED) is 0.673. The highest BCUT2D eigenvalue weighted by molar-refractivity contribution is 5.36. The first-order chi connectivity index (χ1) is 8.27. The summed E-state index contributed by atoms with van der Waals surface area (Å²) in [4.78, 5) is 3.97. The average Bonchev–Trinajstić information content (AvgIpc) is 2.35. The molecule has 0 N–H and O–H groups in total. The first kappa shape index (κ1) is 13.5. The summed E-state index contributed by atoms with van der Waals surface area (Å²) < 4.78 is 5.73. The van der Waals surface area contributed by atoms with E-state index in [1.165, 1.54) is 25.7 Å². The molecule has 0 saturated carbocycles. The second-order valence-electron chi connectivity index (χ2n) is 4.24. The Morgan fingerprint density at radius 1 is 1.41 bits per heavy atom. The molecule has 1 unspecified atom stereocenters. The second-order valence-corrected chi connectivity index (χ2v) is 4.24. The molecule has 0 amide bonds. The smallest absolute Gasteiger partial charge is 0.182 e.